The molecule has 1 aromatic rings. The van der Waals surface area contributed by atoms with Crippen molar-refractivity contribution in [2.24, 2.45) is 5.73 Å². The summed E-state index contributed by atoms with van der Waals surface area (Å²) in [5.74, 6) is 2.53. The number of rotatable bonds is 2. The predicted octanol–water partition coefficient (Wildman–Crippen LogP) is 1.97. The van der Waals surface area contributed by atoms with Crippen LogP contribution in [0.1, 0.15) is 37.5 Å². The van der Waals surface area contributed by atoms with Gasteiger partial charge in [-0.2, -0.15) is 11.8 Å². The third kappa shape index (κ3) is 1.96. The highest BCUT2D eigenvalue weighted by atomic mass is 32.2. The molecule has 0 bridgehead atoms. The Morgan fingerprint density at radius 1 is 1.57 bits per heavy atom. The summed E-state index contributed by atoms with van der Waals surface area (Å²) in [7, 11) is 0. The zero-order valence-corrected chi connectivity index (χ0v) is 9.33. The second-order valence-electron chi connectivity index (χ2n) is 3.86. The SMILES string of the molecule is C[C@H](N)c1cncn1C1CCSCC1. The predicted molar refractivity (Wildman–Crippen MR) is 60.4 cm³/mol. The molecule has 1 aromatic heterocycles. The van der Waals surface area contributed by atoms with Crippen LogP contribution in [0.15, 0.2) is 12.5 Å². The highest BCUT2D eigenvalue weighted by Gasteiger charge is 2.18. The first kappa shape index (κ1) is 10.1. The van der Waals surface area contributed by atoms with Gasteiger partial charge in [-0.1, -0.05) is 0 Å². The molecule has 4 heteroatoms. The molecule has 0 spiro atoms. The maximum absolute atomic E-state index is 5.90. The first-order chi connectivity index (χ1) is 6.79. The minimum Gasteiger partial charge on any atom is -0.330 e. The zero-order chi connectivity index (χ0) is 9.97. The summed E-state index contributed by atoms with van der Waals surface area (Å²) < 4.78 is 2.27. The van der Waals surface area contributed by atoms with Crippen molar-refractivity contribution in [3.63, 3.8) is 0 Å². The maximum atomic E-state index is 5.90. The highest BCUT2D eigenvalue weighted by molar-refractivity contribution is 7.99. The fraction of sp³-hybridized carbons (Fsp3) is 0.700. The van der Waals surface area contributed by atoms with E-state index in [1.807, 2.05) is 31.2 Å². The molecular weight excluding hydrogens is 194 g/mol. The van der Waals surface area contributed by atoms with Crippen molar-refractivity contribution in [3.8, 4) is 0 Å². The van der Waals surface area contributed by atoms with Crippen molar-refractivity contribution < 1.29 is 0 Å². The van der Waals surface area contributed by atoms with E-state index in [9.17, 15) is 0 Å². The van der Waals surface area contributed by atoms with Gasteiger partial charge >= 0.3 is 0 Å². The molecule has 3 nitrogen and oxygen atoms in total. The average molecular weight is 211 g/mol. The van der Waals surface area contributed by atoms with Crippen molar-refractivity contribution in [3.05, 3.63) is 18.2 Å². The van der Waals surface area contributed by atoms with Gasteiger partial charge in [0.05, 0.1) is 12.0 Å². The Morgan fingerprint density at radius 3 is 2.93 bits per heavy atom. The molecule has 1 aliphatic heterocycles. The Bertz CT molecular complexity index is 289. The quantitative estimate of drug-likeness (QED) is 0.813. The number of aromatic nitrogens is 2. The van der Waals surface area contributed by atoms with Gasteiger partial charge in [0.2, 0.25) is 0 Å². The Hall–Kier alpha value is -0.480. The Balaban J connectivity index is 2.17. The second-order valence-corrected chi connectivity index (χ2v) is 5.08. The lowest BCUT2D eigenvalue weighted by atomic mass is 10.1. The van der Waals surface area contributed by atoms with Crippen LogP contribution in [0.2, 0.25) is 0 Å². The van der Waals surface area contributed by atoms with E-state index in [0.29, 0.717) is 6.04 Å². The van der Waals surface area contributed by atoms with Crippen LogP contribution in [-0.2, 0) is 0 Å². The third-order valence-corrected chi connectivity index (χ3v) is 3.80. The van der Waals surface area contributed by atoms with Gasteiger partial charge in [0.1, 0.15) is 0 Å². The average Bonchev–Trinajstić information content (AvgIpc) is 2.67. The van der Waals surface area contributed by atoms with Gasteiger partial charge in [0.25, 0.3) is 0 Å². The van der Waals surface area contributed by atoms with E-state index in [1.165, 1.54) is 30.0 Å². The number of nitrogens with zero attached hydrogens (tertiary/aromatic N) is 2. The fourth-order valence-corrected chi connectivity index (χ4v) is 3.02. The molecule has 2 rings (SSSR count). The topological polar surface area (TPSA) is 43.8 Å². The van der Waals surface area contributed by atoms with Gasteiger partial charge in [0.15, 0.2) is 0 Å². The summed E-state index contributed by atoms with van der Waals surface area (Å²) in [6.07, 6.45) is 6.33. The molecule has 0 radical (unpaired) electrons. The van der Waals surface area contributed by atoms with Gasteiger partial charge in [-0.25, -0.2) is 4.98 Å². The molecular formula is C10H17N3S. The van der Waals surface area contributed by atoms with E-state index < -0.39 is 0 Å². The summed E-state index contributed by atoms with van der Waals surface area (Å²) in [5.41, 5.74) is 7.07. The highest BCUT2D eigenvalue weighted by Crippen LogP contribution is 2.28. The lowest BCUT2D eigenvalue weighted by Crippen LogP contribution is -2.19. The standard InChI is InChI=1S/C10H17N3S/c1-8(11)10-6-12-7-13(10)9-2-4-14-5-3-9/h6-9H,2-5,11H2,1H3/t8-/m0/s1. The Labute approximate surface area is 89.1 Å². The number of hydrogen-bond donors (Lipinski definition) is 1. The van der Waals surface area contributed by atoms with E-state index in [0.717, 1.165) is 0 Å². The third-order valence-electron chi connectivity index (χ3n) is 2.75. The largest absolute Gasteiger partial charge is 0.330 e. The Morgan fingerprint density at radius 2 is 2.29 bits per heavy atom. The minimum atomic E-state index is 0.0899. The summed E-state index contributed by atoms with van der Waals surface area (Å²) in [6.45, 7) is 2.02. The van der Waals surface area contributed by atoms with E-state index in [1.54, 1.807) is 0 Å². The molecule has 78 valence electrons. The van der Waals surface area contributed by atoms with Crippen LogP contribution in [0, 0.1) is 0 Å². The van der Waals surface area contributed by atoms with E-state index in [4.69, 9.17) is 5.73 Å². The minimum absolute atomic E-state index is 0.0899. The summed E-state index contributed by atoms with van der Waals surface area (Å²) in [5, 5.41) is 0. The summed E-state index contributed by atoms with van der Waals surface area (Å²) in [6, 6.07) is 0.715. The lowest BCUT2D eigenvalue weighted by molar-refractivity contribution is 0.447. The van der Waals surface area contributed by atoms with Gasteiger partial charge < -0.3 is 10.3 Å². The van der Waals surface area contributed by atoms with Crippen LogP contribution in [0.5, 0.6) is 0 Å². The van der Waals surface area contributed by atoms with Crippen LogP contribution in [0.25, 0.3) is 0 Å². The molecule has 1 fully saturated rings. The van der Waals surface area contributed by atoms with Crippen LogP contribution in [-0.4, -0.2) is 21.1 Å². The maximum Gasteiger partial charge on any atom is 0.0951 e. The monoisotopic (exact) mass is 211 g/mol. The first-order valence-corrected chi connectivity index (χ1v) is 6.29. The van der Waals surface area contributed by atoms with Gasteiger partial charge in [-0.3, -0.25) is 0 Å². The molecule has 2 N–H and O–H groups in total. The number of hydrogen-bond acceptors (Lipinski definition) is 3. The number of nitrogens with two attached hydrogens (primary N) is 1. The van der Waals surface area contributed by atoms with Gasteiger partial charge in [0, 0.05) is 18.3 Å². The first-order valence-electron chi connectivity index (χ1n) is 5.14. The van der Waals surface area contributed by atoms with Crippen LogP contribution < -0.4 is 5.73 Å². The molecule has 0 saturated carbocycles. The molecule has 1 atom stereocenters. The lowest BCUT2D eigenvalue weighted by Gasteiger charge is -2.25. The van der Waals surface area contributed by atoms with Crippen LogP contribution >= 0.6 is 11.8 Å². The molecule has 1 saturated heterocycles. The fourth-order valence-electron chi connectivity index (χ4n) is 1.94. The molecule has 0 aliphatic carbocycles. The van der Waals surface area contributed by atoms with Gasteiger partial charge in [-0.05, 0) is 31.3 Å². The smallest absolute Gasteiger partial charge is 0.0951 e. The van der Waals surface area contributed by atoms with Crippen LogP contribution in [0.3, 0.4) is 0 Å². The number of thioether (sulfide) groups is 1. The van der Waals surface area contributed by atoms with Gasteiger partial charge in [-0.15, -0.1) is 0 Å². The van der Waals surface area contributed by atoms with E-state index in [2.05, 4.69) is 9.55 Å². The zero-order valence-electron chi connectivity index (χ0n) is 8.52. The molecule has 14 heavy (non-hydrogen) atoms. The van der Waals surface area contributed by atoms with Crippen molar-refractivity contribution in [2.75, 3.05) is 11.5 Å². The number of imidazole rings is 1. The molecule has 0 amide bonds. The summed E-state index contributed by atoms with van der Waals surface area (Å²) in [4.78, 5) is 4.19. The van der Waals surface area contributed by atoms with Crippen molar-refractivity contribution in [1.82, 2.24) is 9.55 Å². The van der Waals surface area contributed by atoms with Crippen molar-refractivity contribution >= 4 is 11.8 Å². The molecule has 0 unspecified atom stereocenters. The molecule has 0 aromatic carbocycles. The van der Waals surface area contributed by atoms with Crippen molar-refractivity contribution in [1.29, 1.82) is 0 Å². The molecule has 1 aliphatic rings. The summed E-state index contributed by atoms with van der Waals surface area (Å²) >= 11 is 2.05. The normalized spacial score (nSPS) is 21.0. The van der Waals surface area contributed by atoms with Crippen LogP contribution in [0.4, 0.5) is 0 Å². The van der Waals surface area contributed by atoms with Crippen molar-refractivity contribution in [2.45, 2.75) is 31.8 Å². The molecule has 2 heterocycles. The Kier molecular flexibility index (Phi) is 3.13. The van der Waals surface area contributed by atoms with E-state index >= 15 is 0 Å². The van der Waals surface area contributed by atoms with E-state index in [-0.39, 0.29) is 6.04 Å². The second kappa shape index (κ2) is 4.36.